The second-order valence-corrected chi connectivity index (χ2v) is 3.88. The SMILES string of the molecule is C[C@@H](Oc1ccccc1)C(=O)N(C)CC(F)(F)F. The van der Waals surface area contributed by atoms with Gasteiger partial charge in [-0.25, -0.2) is 0 Å². The maximum atomic E-state index is 12.1. The summed E-state index contributed by atoms with van der Waals surface area (Å²) in [6.45, 7) is 0.135. The Bertz CT molecular complexity index is 392. The Hall–Kier alpha value is -1.72. The number of benzene rings is 1. The maximum absolute atomic E-state index is 12.1. The molecular formula is C12H14F3NO2. The summed E-state index contributed by atoms with van der Waals surface area (Å²) in [7, 11) is 1.10. The number of ether oxygens (including phenoxy) is 1. The highest BCUT2D eigenvalue weighted by atomic mass is 19.4. The molecule has 18 heavy (non-hydrogen) atoms. The van der Waals surface area contributed by atoms with E-state index in [4.69, 9.17) is 4.74 Å². The lowest BCUT2D eigenvalue weighted by Gasteiger charge is -2.23. The van der Waals surface area contributed by atoms with Crippen molar-refractivity contribution in [3.63, 3.8) is 0 Å². The van der Waals surface area contributed by atoms with Crippen molar-refractivity contribution in [1.29, 1.82) is 0 Å². The monoisotopic (exact) mass is 261 g/mol. The highest BCUT2D eigenvalue weighted by molar-refractivity contribution is 5.80. The zero-order chi connectivity index (χ0) is 13.8. The van der Waals surface area contributed by atoms with Gasteiger partial charge in [0.1, 0.15) is 12.3 Å². The molecule has 0 N–H and O–H groups in total. The second-order valence-electron chi connectivity index (χ2n) is 3.88. The van der Waals surface area contributed by atoms with Gasteiger partial charge in [0.25, 0.3) is 5.91 Å². The summed E-state index contributed by atoms with van der Waals surface area (Å²) in [6.07, 6.45) is -5.36. The molecule has 1 amide bonds. The topological polar surface area (TPSA) is 29.5 Å². The molecule has 0 bridgehead atoms. The van der Waals surface area contributed by atoms with Crippen LogP contribution >= 0.6 is 0 Å². The van der Waals surface area contributed by atoms with E-state index in [-0.39, 0.29) is 0 Å². The number of para-hydroxylation sites is 1. The number of carbonyl (C=O) groups is 1. The predicted octanol–water partition coefficient (Wildman–Crippen LogP) is 2.47. The van der Waals surface area contributed by atoms with Crippen LogP contribution in [0.4, 0.5) is 13.2 Å². The van der Waals surface area contributed by atoms with Gasteiger partial charge in [-0.3, -0.25) is 4.79 Å². The van der Waals surface area contributed by atoms with Gasteiger partial charge in [0.2, 0.25) is 0 Å². The largest absolute Gasteiger partial charge is 0.481 e. The summed E-state index contributed by atoms with van der Waals surface area (Å²) in [4.78, 5) is 12.2. The van der Waals surface area contributed by atoms with E-state index >= 15 is 0 Å². The van der Waals surface area contributed by atoms with Gasteiger partial charge in [-0.05, 0) is 19.1 Å². The quantitative estimate of drug-likeness (QED) is 0.833. The minimum atomic E-state index is -4.41. The summed E-state index contributed by atoms with van der Waals surface area (Å²) in [5.74, 6) is -0.269. The summed E-state index contributed by atoms with van der Waals surface area (Å²) in [5.41, 5.74) is 0. The molecule has 0 heterocycles. The average molecular weight is 261 g/mol. The van der Waals surface area contributed by atoms with Gasteiger partial charge < -0.3 is 9.64 Å². The Kier molecular flexibility index (Phi) is 4.58. The minimum absolute atomic E-state index is 0.443. The van der Waals surface area contributed by atoms with Crippen LogP contribution in [0.1, 0.15) is 6.92 Å². The summed E-state index contributed by atoms with van der Waals surface area (Å²) in [6, 6.07) is 8.47. The fraction of sp³-hybridized carbons (Fsp3) is 0.417. The molecule has 0 aliphatic carbocycles. The van der Waals surface area contributed by atoms with Crippen molar-refractivity contribution in [3.05, 3.63) is 30.3 Å². The zero-order valence-electron chi connectivity index (χ0n) is 10.1. The van der Waals surface area contributed by atoms with Crippen LogP contribution in [0.3, 0.4) is 0 Å². The van der Waals surface area contributed by atoms with Crippen LogP contribution in [0.2, 0.25) is 0 Å². The number of nitrogens with zero attached hydrogens (tertiary/aromatic N) is 1. The molecule has 3 nitrogen and oxygen atoms in total. The van der Waals surface area contributed by atoms with Crippen molar-refractivity contribution in [2.75, 3.05) is 13.6 Å². The van der Waals surface area contributed by atoms with Gasteiger partial charge in [-0.1, -0.05) is 18.2 Å². The molecule has 1 aromatic carbocycles. The van der Waals surface area contributed by atoms with Gasteiger partial charge >= 0.3 is 6.18 Å². The highest BCUT2D eigenvalue weighted by Crippen LogP contribution is 2.17. The Balaban J connectivity index is 2.56. The van der Waals surface area contributed by atoms with Gasteiger partial charge in [0.05, 0.1) is 0 Å². The fourth-order valence-corrected chi connectivity index (χ4v) is 1.41. The molecule has 0 fully saturated rings. The normalized spacial score (nSPS) is 12.9. The first-order valence-corrected chi connectivity index (χ1v) is 5.33. The summed E-state index contributed by atoms with van der Waals surface area (Å²) < 4.78 is 41.6. The van der Waals surface area contributed by atoms with E-state index in [1.807, 2.05) is 0 Å². The first-order valence-electron chi connectivity index (χ1n) is 5.33. The standard InChI is InChI=1S/C12H14F3NO2/c1-9(18-10-6-4-3-5-7-10)11(17)16(2)8-12(13,14)15/h3-7,9H,8H2,1-2H3/t9-/m1/s1. The first-order chi connectivity index (χ1) is 8.29. The van der Waals surface area contributed by atoms with E-state index in [9.17, 15) is 18.0 Å². The van der Waals surface area contributed by atoms with Crippen molar-refractivity contribution in [3.8, 4) is 5.75 Å². The minimum Gasteiger partial charge on any atom is -0.481 e. The molecule has 0 aliphatic rings. The number of amides is 1. The number of halogens is 3. The molecule has 0 aromatic heterocycles. The number of rotatable bonds is 4. The van der Waals surface area contributed by atoms with E-state index in [0.29, 0.717) is 10.6 Å². The smallest absolute Gasteiger partial charge is 0.406 e. The van der Waals surface area contributed by atoms with E-state index in [2.05, 4.69) is 0 Å². The third-order valence-corrected chi connectivity index (χ3v) is 2.20. The van der Waals surface area contributed by atoms with Crippen molar-refractivity contribution >= 4 is 5.91 Å². The van der Waals surface area contributed by atoms with E-state index < -0.39 is 24.7 Å². The Labute approximate surface area is 103 Å². The Morgan fingerprint density at radius 2 is 1.89 bits per heavy atom. The van der Waals surface area contributed by atoms with Gasteiger partial charge in [-0.15, -0.1) is 0 Å². The van der Waals surface area contributed by atoms with Crippen molar-refractivity contribution in [1.82, 2.24) is 4.90 Å². The number of carbonyl (C=O) groups excluding carboxylic acids is 1. The number of hydrogen-bond acceptors (Lipinski definition) is 2. The summed E-state index contributed by atoms with van der Waals surface area (Å²) in [5, 5.41) is 0. The second kappa shape index (κ2) is 5.75. The van der Waals surface area contributed by atoms with E-state index in [1.54, 1.807) is 30.3 Å². The van der Waals surface area contributed by atoms with E-state index in [0.717, 1.165) is 7.05 Å². The number of alkyl halides is 3. The molecular weight excluding hydrogens is 247 g/mol. The molecule has 0 spiro atoms. The van der Waals surface area contributed by atoms with Crippen LogP contribution in [-0.4, -0.2) is 36.7 Å². The van der Waals surface area contributed by atoms with Crippen LogP contribution < -0.4 is 4.74 Å². The predicted molar refractivity (Wildman–Crippen MR) is 60.2 cm³/mol. The van der Waals surface area contributed by atoms with Gasteiger partial charge in [-0.2, -0.15) is 13.2 Å². The van der Waals surface area contributed by atoms with E-state index in [1.165, 1.54) is 6.92 Å². The Morgan fingerprint density at radius 1 is 1.33 bits per heavy atom. The highest BCUT2D eigenvalue weighted by Gasteiger charge is 2.32. The lowest BCUT2D eigenvalue weighted by Crippen LogP contribution is -2.42. The van der Waals surface area contributed by atoms with Crippen LogP contribution in [0.15, 0.2) is 30.3 Å². The maximum Gasteiger partial charge on any atom is 0.406 e. The third-order valence-electron chi connectivity index (χ3n) is 2.20. The Morgan fingerprint density at radius 3 is 2.39 bits per heavy atom. The van der Waals surface area contributed by atoms with Crippen LogP contribution in [0, 0.1) is 0 Å². The molecule has 0 aliphatic heterocycles. The molecule has 0 unspecified atom stereocenters. The average Bonchev–Trinajstić information content (AvgIpc) is 2.27. The molecule has 0 saturated carbocycles. The molecule has 1 rings (SSSR count). The van der Waals surface area contributed by atoms with Crippen molar-refractivity contribution < 1.29 is 22.7 Å². The fourth-order valence-electron chi connectivity index (χ4n) is 1.41. The van der Waals surface area contributed by atoms with Crippen LogP contribution in [0.25, 0.3) is 0 Å². The van der Waals surface area contributed by atoms with Crippen LogP contribution in [-0.2, 0) is 4.79 Å². The third kappa shape index (κ3) is 4.65. The molecule has 0 saturated heterocycles. The molecule has 1 aromatic rings. The van der Waals surface area contributed by atoms with Crippen molar-refractivity contribution in [2.45, 2.75) is 19.2 Å². The van der Waals surface area contributed by atoms with Gasteiger partial charge in [0.15, 0.2) is 6.10 Å². The molecule has 0 radical (unpaired) electrons. The summed E-state index contributed by atoms with van der Waals surface area (Å²) >= 11 is 0. The number of likely N-dealkylation sites (N-methyl/N-ethyl adjacent to an activating group) is 1. The zero-order valence-corrected chi connectivity index (χ0v) is 10.1. The van der Waals surface area contributed by atoms with Crippen molar-refractivity contribution in [2.24, 2.45) is 0 Å². The molecule has 100 valence electrons. The number of hydrogen-bond donors (Lipinski definition) is 0. The molecule has 6 heteroatoms. The van der Waals surface area contributed by atoms with Gasteiger partial charge in [0, 0.05) is 7.05 Å². The lowest BCUT2D eigenvalue weighted by molar-refractivity contribution is -0.162. The first kappa shape index (κ1) is 14.3. The van der Waals surface area contributed by atoms with Crippen LogP contribution in [0.5, 0.6) is 5.75 Å². The molecule has 1 atom stereocenters. The lowest BCUT2D eigenvalue weighted by atomic mass is 10.3.